The molecule has 12 nitrogen and oxygen atoms in total. The quantitative estimate of drug-likeness (QED) is 0.395. The Morgan fingerprint density at radius 2 is 1.66 bits per heavy atom. The second kappa shape index (κ2) is 15.2. The molecule has 1 aromatic heterocycles. The minimum absolute atomic E-state index is 0.118. The van der Waals surface area contributed by atoms with Crippen molar-refractivity contribution >= 4 is 35.1 Å². The van der Waals surface area contributed by atoms with Crippen LogP contribution in [0.5, 0.6) is 0 Å². The summed E-state index contributed by atoms with van der Waals surface area (Å²) in [7, 11) is 1.64. The summed E-state index contributed by atoms with van der Waals surface area (Å²) in [5.74, 6) is 0.557. The molecule has 0 radical (unpaired) electrons. The Hall–Kier alpha value is -4.06. The van der Waals surface area contributed by atoms with Gasteiger partial charge in [0.25, 0.3) is 5.91 Å². The molecule has 1 saturated carbocycles. The minimum Gasteiger partial charge on any atom is -0.369 e. The fraction of sp³-hybridized carbons (Fsp3) is 0.600. The van der Waals surface area contributed by atoms with Crippen LogP contribution in [0.25, 0.3) is 0 Å². The van der Waals surface area contributed by atoms with Gasteiger partial charge in [0, 0.05) is 71.0 Å². The number of nitrogens with one attached hydrogen (secondary N) is 2. The first kappa shape index (κ1) is 32.9. The molecule has 4 fully saturated rings. The molecule has 1 atom stereocenters. The summed E-state index contributed by atoms with van der Waals surface area (Å²) in [6, 6.07) is 11.5. The van der Waals surface area contributed by atoms with Crippen LogP contribution >= 0.6 is 0 Å². The molecule has 4 aliphatic rings. The molecule has 0 bridgehead atoms. The number of nitrogens with zero attached hydrogens (tertiary/aromatic N) is 6. The van der Waals surface area contributed by atoms with Gasteiger partial charge in [-0.15, -0.1) is 10.2 Å². The Morgan fingerprint density at radius 1 is 0.894 bits per heavy atom. The summed E-state index contributed by atoms with van der Waals surface area (Å²) in [4.78, 5) is 58.0. The first-order chi connectivity index (χ1) is 22.8. The topological polar surface area (TPSA) is 131 Å². The van der Waals surface area contributed by atoms with Gasteiger partial charge >= 0.3 is 0 Å². The molecule has 12 heteroatoms. The van der Waals surface area contributed by atoms with Crippen LogP contribution in [0, 0.1) is 5.92 Å². The van der Waals surface area contributed by atoms with Crippen LogP contribution < -0.4 is 20.4 Å². The third-order valence-electron chi connectivity index (χ3n) is 10.4. The van der Waals surface area contributed by atoms with Crippen LogP contribution in [0.4, 0.5) is 11.5 Å². The lowest BCUT2D eigenvalue weighted by atomic mass is 9.95. The molecule has 3 aliphatic heterocycles. The van der Waals surface area contributed by atoms with Crippen LogP contribution in [0.1, 0.15) is 73.8 Å². The number of hydrogen-bond acceptors (Lipinski definition) is 9. The smallest absolute Gasteiger partial charge is 0.272 e. The largest absolute Gasteiger partial charge is 0.369 e. The number of amides is 4. The molecular formula is C35H48N8O4. The van der Waals surface area contributed by atoms with Crippen LogP contribution in [-0.4, -0.2) is 109 Å². The van der Waals surface area contributed by atoms with Gasteiger partial charge in [0.05, 0.1) is 6.42 Å². The van der Waals surface area contributed by atoms with Crippen molar-refractivity contribution in [3.8, 4) is 0 Å². The molecule has 1 aromatic carbocycles. The number of carbonyl (C=O) groups excluding carboxylic acids is 4. The number of imide groups is 1. The van der Waals surface area contributed by atoms with Gasteiger partial charge in [-0.3, -0.25) is 29.4 Å². The highest BCUT2D eigenvalue weighted by molar-refractivity contribution is 6.01. The second-order valence-electron chi connectivity index (χ2n) is 13.6. The predicted molar refractivity (Wildman–Crippen MR) is 179 cm³/mol. The normalized spacial score (nSPS) is 21.8. The monoisotopic (exact) mass is 644 g/mol. The van der Waals surface area contributed by atoms with Gasteiger partial charge in [-0.05, 0) is 67.9 Å². The number of rotatable bonds is 9. The van der Waals surface area contributed by atoms with Gasteiger partial charge in [-0.2, -0.15) is 0 Å². The fourth-order valence-corrected chi connectivity index (χ4v) is 7.41. The molecule has 47 heavy (non-hydrogen) atoms. The maximum Gasteiger partial charge on any atom is 0.272 e. The van der Waals surface area contributed by atoms with E-state index in [2.05, 4.69) is 47.7 Å². The first-order valence-electron chi connectivity index (χ1n) is 17.4. The molecule has 4 amide bonds. The number of benzene rings is 1. The number of anilines is 2. The van der Waals surface area contributed by atoms with Gasteiger partial charge in [0.1, 0.15) is 6.04 Å². The maximum absolute atomic E-state index is 13.0. The Kier molecular flexibility index (Phi) is 10.6. The maximum atomic E-state index is 13.0. The van der Waals surface area contributed by atoms with E-state index in [4.69, 9.17) is 0 Å². The summed E-state index contributed by atoms with van der Waals surface area (Å²) >= 11 is 0. The number of piperazine rings is 1. The van der Waals surface area contributed by atoms with Crippen molar-refractivity contribution in [2.75, 3.05) is 62.7 Å². The highest BCUT2D eigenvalue weighted by Crippen LogP contribution is 2.25. The van der Waals surface area contributed by atoms with E-state index in [1.807, 2.05) is 18.2 Å². The van der Waals surface area contributed by atoms with Crippen molar-refractivity contribution < 1.29 is 19.2 Å². The molecule has 1 aliphatic carbocycles. The standard InChI is InChI=1S/C35H48N8O4/c1-40(30-11-13-32(44)37-35(30)47)33(45)23-26-6-5-9-28(22-26)42-20-18-41(19-21-42)24-25-14-16-43(17-15-25)31-12-10-29(38-39-31)34(46)36-27-7-3-2-4-8-27/h5-6,9-10,12,22,25,27,30H,2-4,7-8,11,13-21,23-24H2,1H3,(H,36,46)(H,37,44,47). The zero-order valence-electron chi connectivity index (χ0n) is 27.5. The zero-order valence-corrected chi connectivity index (χ0v) is 27.5. The van der Waals surface area contributed by atoms with E-state index in [1.54, 1.807) is 13.1 Å². The van der Waals surface area contributed by atoms with Crippen molar-refractivity contribution in [2.45, 2.75) is 76.3 Å². The average Bonchev–Trinajstić information content (AvgIpc) is 3.09. The van der Waals surface area contributed by atoms with Gasteiger partial charge < -0.3 is 20.0 Å². The van der Waals surface area contributed by atoms with E-state index in [0.29, 0.717) is 18.0 Å². The van der Waals surface area contributed by atoms with E-state index >= 15 is 0 Å². The SMILES string of the molecule is CN(C(=O)Cc1cccc(N2CCN(CC3CCN(c4ccc(C(=O)NC5CCCCC5)nn4)CC3)CC2)c1)C1CCC(=O)NC1=O. The Balaban J connectivity index is 0.919. The summed E-state index contributed by atoms with van der Waals surface area (Å²) in [5, 5.41) is 14.1. The highest BCUT2D eigenvalue weighted by atomic mass is 16.2. The van der Waals surface area contributed by atoms with Gasteiger partial charge in [0.15, 0.2) is 11.5 Å². The number of piperidine rings is 2. The summed E-state index contributed by atoms with van der Waals surface area (Å²) in [5.41, 5.74) is 2.43. The number of hydrogen-bond donors (Lipinski definition) is 2. The van der Waals surface area contributed by atoms with Crippen molar-refractivity contribution in [3.63, 3.8) is 0 Å². The number of likely N-dealkylation sites (N-methyl/N-ethyl adjacent to an activating group) is 1. The summed E-state index contributed by atoms with van der Waals surface area (Å²) in [6.07, 6.45) is 8.75. The highest BCUT2D eigenvalue weighted by Gasteiger charge is 2.32. The average molecular weight is 645 g/mol. The van der Waals surface area contributed by atoms with E-state index < -0.39 is 11.9 Å². The van der Waals surface area contributed by atoms with Crippen LogP contribution in [0.3, 0.4) is 0 Å². The van der Waals surface area contributed by atoms with Crippen LogP contribution in [0.15, 0.2) is 36.4 Å². The van der Waals surface area contributed by atoms with Crippen molar-refractivity contribution in [2.24, 2.45) is 5.92 Å². The van der Waals surface area contributed by atoms with Gasteiger partial charge in [-0.25, -0.2) is 0 Å². The molecule has 3 saturated heterocycles. The third kappa shape index (κ3) is 8.46. The number of carbonyl (C=O) groups is 4. The molecule has 6 rings (SSSR count). The molecule has 252 valence electrons. The van der Waals surface area contributed by atoms with Crippen molar-refractivity contribution in [1.82, 2.24) is 30.6 Å². The predicted octanol–water partition coefficient (Wildman–Crippen LogP) is 2.38. The van der Waals surface area contributed by atoms with E-state index in [1.165, 1.54) is 24.2 Å². The van der Waals surface area contributed by atoms with Crippen LogP contribution in [0.2, 0.25) is 0 Å². The lowest BCUT2D eigenvalue weighted by Crippen LogP contribution is -2.53. The van der Waals surface area contributed by atoms with E-state index in [0.717, 1.165) is 88.6 Å². The van der Waals surface area contributed by atoms with Gasteiger partial charge in [0.2, 0.25) is 17.7 Å². The molecule has 1 unspecified atom stereocenters. The molecule has 4 heterocycles. The Labute approximate surface area is 277 Å². The number of aromatic nitrogens is 2. The minimum atomic E-state index is -0.603. The molecule has 0 spiro atoms. The van der Waals surface area contributed by atoms with E-state index in [-0.39, 0.29) is 36.6 Å². The van der Waals surface area contributed by atoms with Crippen LogP contribution in [-0.2, 0) is 20.8 Å². The lowest BCUT2D eigenvalue weighted by molar-refractivity contribution is -0.144. The third-order valence-corrected chi connectivity index (χ3v) is 10.4. The van der Waals surface area contributed by atoms with Gasteiger partial charge in [-0.1, -0.05) is 31.4 Å². The molecular weight excluding hydrogens is 596 g/mol. The molecule has 2 N–H and O–H groups in total. The first-order valence-corrected chi connectivity index (χ1v) is 17.4. The van der Waals surface area contributed by atoms with Crippen molar-refractivity contribution in [3.05, 3.63) is 47.7 Å². The lowest BCUT2D eigenvalue weighted by Gasteiger charge is -2.40. The fourth-order valence-electron chi connectivity index (χ4n) is 7.41. The zero-order chi connectivity index (χ0) is 32.8. The molecule has 2 aromatic rings. The van der Waals surface area contributed by atoms with E-state index in [9.17, 15) is 19.2 Å². The summed E-state index contributed by atoms with van der Waals surface area (Å²) in [6.45, 7) is 6.84. The Bertz CT molecular complexity index is 1410. The second-order valence-corrected chi connectivity index (χ2v) is 13.6. The summed E-state index contributed by atoms with van der Waals surface area (Å²) < 4.78 is 0. The Morgan fingerprint density at radius 3 is 2.36 bits per heavy atom. The van der Waals surface area contributed by atoms with Crippen molar-refractivity contribution in [1.29, 1.82) is 0 Å².